The number of carbonyl (C=O) groups is 1. The van der Waals surface area contributed by atoms with E-state index < -0.39 is 12.0 Å². The van der Waals surface area contributed by atoms with Gasteiger partial charge in [-0.1, -0.05) is 29.4 Å². The predicted molar refractivity (Wildman–Crippen MR) is 95.5 cm³/mol. The van der Waals surface area contributed by atoms with Gasteiger partial charge in [0.2, 0.25) is 5.82 Å². The van der Waals surface area contributed by atoms with E-state index in [1.807, 2.05) is 30.3 Å². The fraction of sp³-hybridized carbons (Fsp3) is 0.211. The van der Waals surface area contributed by atoms with Gasteiger partial charge in [0.1, 0.15) is 19.3 Å². The minimum Gasteiger partial charge on any atom is -0.486 e. The number of nitrogens with two attached hydrogens (primary N) is 1. The number of aliphatic carboxylic acids is 1. The maximum Gasteiger partial charge on any atom is 0.320 e. The molecule has 1 aliphatic rings. The molecule has 4 rings (SSSR count). The molecule has 1 aromatic heterocycles. The topological polar surface area (TPSA) is 121 Å². The Morgan fingerprint density at radius 2 is 1.78 bits per heavy atom. The largest absolute Gasteiger partial charge is 0.486 e. The van der Waals surface area contributed by atoms with Gasteiger partial charge in [-0.2, -0.15) is 4.98 Å². The van der Waals surface area contributed by atoms with Crippen LogP contribution in [0.4, 0.5) is 0 Å². The van der Waals surface area contributed by atoms with Crippen LogP contribution in [0.5, 0.6) is 11.5 Å². The molecule has 138 valence electrons. The molecule has 0 aliphatic carbocycles. The van der Waals surface area contributed by atoms with Crippen LogP contribution in [-0.2, 0) is 11.2 Å². The first-order valence-electron chi connectivity index (χ1n) is 8.41. The molecule has 0 saturated heterocycles. The van der Waals surface area contributed by atoms with E-state index in [4.69, 9.17) is 24.8 Å². The summed E-state index contributed by atoms with van der Waals surface area (Å²) in [6, 6.07) is 11.8. The number of hydrogen-bond donors (Lipinski definition) is 2. The van der Waals surface area contributed by atoms with Crippen molar-refractivity contribution >= 4 is 5.97 Å². The van der Waals surface area contributed by atoms with Gasteiger partial charge in [-0.05, 0) is 30.2 Å². The molecule has 8 nitrogen and oxygen atoms in total. The summed E-state index contributed by atoms with van der Waals surface area (Å²) in [5, 5.41) is 12.9. The summed E-state index contributed by atoms with van der Waals surface area (Å²) in [6.45, 7) is 1.04. The number of fused-ring (bicyclic) bond motifs is 1. The van der Waals surface area contributed by atoms with Gasteiger partial charge in [0, 0.05) is 11.1 Å². The highest BCUT2D eigenvalue weighted by molar-refractivity contribution is 5.73. The van der Waals surface area contributed by atoms with Gasteiger partial charge in [-0.25, -0.2) is 0 Å². The van der Waals surface area contributed by atoms with Gasteiger partial charge in [0.05, 0.1) is 0 Å². The van der Waals surface area contributed by atoms with Crippen LogP contribution < -0.4 is 15.2 Å². The number of carboxylic acid groups (broad SMARTS) is 1. The summed E-state index contributed by atoms with van der Waals surface area (Å²) >= 11 is 0. The first-order valence-corrected chi connectivity index (χ1v) is 8.41. The average Bonchev–Trinajstić information content (AvgIpc) is 3.18. The zero-order valence-corrected chi connectivity index (χ0v) is 14.3. The number of benzene rings is 2. The second-order valence-electron chi connectivity index (χ2n) is 6.13. The van der Waals surface area contributed by atoms with E-state index in [-0.39, 0.29) is 6.42 Å². The molecule has 8 heteroatoms. The highest BCUT2D eigenvalue weighted by atomic mass is 16.6. The molecule has 1 aliphatic heterocycles. The van der Waals surface area contributed by atoms with Crippen molar-refractivity contribution in [3.63, 3.8) is 0 Å². The predicted octanol–water partition coefficient (Wildman–Crippen LogP) is 2.13. The van der Waals surface area contributed by atoms with Gasteiger partial charge in [0.25, 0.3) is 5.89 Å². The summed E-state index contributed by atoms with van der Waals surface area (Å²) in [4.78, 5) is 15.3. The van der Waals surface area contributed by atoms with Crippen molar-refractivity contribution in [3.8, 4) is 34.3 Å². The van der Waals surface area contributed by atoms with Crippen LogP contribution >= 0.6 is 0 Å². The molecule has 2 heterocycles. The van der Waals surface area contributed by atoms with Crippen LogP contribution in [0.25, 0.3) is 22.8 Å². The number of nitrogens with zero attached hydrogens (tertiary/aromatic N) is 2. The zero-order valence-electron chi connectivity index (χ0n) is 14.3. The van der Waals surface area contributed by atoms with Crippen molar-refractivity contribution in [1.82, 2.24) is 10.1 Å². The van der Waals surface area contributed by atoms with Crippen LogP contribution in [0.1, 0.15) is 5.56 Å². The Morgan fingerprint density at radius 3 is 2.52 bits per heavy atom. The Kier molecular flexibility index (Phi) is 4.47. The molecule has 3 aromatic rings. The third-order valence-corrected chi connectivity index (χ3v) is 4.20. The molecule has 2 aromatic carbocycles. The van der Waals surface area contributed by atoms with Crippen molar-refractivity contribution in [1.29, 1.82) is 0 Å². The van der Waals surface area contributed by atoms with Gasteiger partial charge in [-0.3, -0.25) is 4.79 Å². The highest BCUT2D eigenvalue weighted by Crippen LogP contribution is 2.34. The first kappa shape index (κ1) is 17.0. The minimum atomic E-state index is -1.03. The molecule has 27 heavy (non-hydrogen) atoms. The van der Waals surface area contributed by atoms with E-state index in [2.05, 4.69) is 10.1 Å². The van der Waals surface area contributed by atoms with E-state index in [0.29, 0.717) is 36.4 Å². The Bertz CT molecular complexity index is 968. The lowest BCUT2D eigenvalue weighted by Crippen LogP contribution is -2.32. The average molecular weight is 367 g/mol. The molecule has 0 unspecified atom stereocenters. The molecular formula is C19H17N3O5. The third-order valence-electron chi connectivity index (χ3n) is 4.20. The van der Waals surface area contributed by atoms with Gasteiger partial charge in [-0.15, -0.1) is 0 Å². The summed E-state index contributed by atoms with van der Waals surface area (Å²) < 4.78 is 16.4. The van der Waals surface area contributed by atoms with E-state index in [1.165, 1.54) is 0 Å². The van der Waals surface area contributed by atoms with Crippen molar-refractivity contribution in [2.75, 3.05) is 13.2 Å². The Morgan fingerprint density at radius 1 is 1.07 bits per heavy atom. The van der Waals surface area contributed by atoms with Crippen LogP contribution in [0.2, 0.25) is 0 Å². The van der Waals surface area contributed by atoms with E-state index in [9.17, 15) is 4.79 Å². The second-order valence-corrected chi connectivity index (χ2v) is 6.13. The number of rotatable bonds is 5. The smallest absolute Gasteiger partial charge is 0.320 e. The van der Waals surface area contributed by atoms with E-state index >= 15 is 0 Å². The van der Waals surface area contributed by atoms with Crippen molar-refractivity contribution in [3.05, 3.63) is 48.0 Å². The molecule has 0 radical (unpaired) electrons. The Labute approximate surface area is 154 Å². The fourth-order valence-corrected chi connectivity index (χ4v) is 2.77. The lowest BCUT2D eigenvalue weighted by Gasteiger charge is -2.18. The normalized spacial score (nSPS) is 14.0. The van der Waals surface area contributed by atoms with Crippen LogP contribution in [0.3, 0.4) is 0 Å². The Hall–Kier alpha value is -3.39. The maximum absolute atomic E-state index is 10.8. The summed E-state index contributed by atoms with van der Waals surface area (Å²) in [5.74, 6) is 1.13. The van der Waals surface area contributed by atoms with Crippen LogP contribution in [0.15, 0.2) is 47.0 Å². The SMILES string of the molecule is N[C@@H](Cc1ccc(-c2noc(-c3ccc4c(c3)OCCO4)n2)cc1)C(=O)O. The van der Waals surface area contributed by atoms with Crippen molar-refractivity contribution in [2.45, 2.75) is 12.5 Å². The summed E-state index contributed by atoms with van der Waals surface area (Å²) in [7, 11) is 0. The van der Waals surface area contributed by atoms with Gasteiger partial charge >= 0.3 is 5.97 Å². The highest BCUT2D eigenvalue weighted by Gasteiger charge is 2.17. The maximum atomic E-state index is 10.8. The third kappa shape index (κ3) is 3.61. The summed E-state index contributed by atoms with van der Waals surface area (Å²) in [6.07, 6.45) is 0.254. The zero-order chi connectivity index (χ0) is 18.8. The van der Waals surface area contributed by atoms with Crippen LogP contribution in [0, 0.1) is 0 Å². The van der Waals surface area contributed by atoms with Crippen LogP contribution in [-0.4, -0.2) is 40.5 Å². The number of ether oxygens (including phenoxy) is 2. The molecule has 0 fully saturated rings. The summed E-state index contributed by atoms with van der Waals surface area (Å²) in [5.41, 5.74) is 7.88. The van der Waals surface area contributed by atoms with Gasteiger partial charge in [0.15, 0.2) is 11.5 Å². The first-order chi connectivity index (χ1) is 13.1. The molecule has 0 saturated carbocycles. The molecule has 0 amide bonds. The minimum absolute atomic E-state index is 0.254. The van der Waals surface area contributed by atoms with E-state index in [1.54, 1.807) is 12.1 Å². The number of hydrogen-bond acceptors (Lipinski definition) is 7. The second kappa shape index (κ2) is 7.08. The fourth-order valence-electron chi connectivity index (χ4n) is 2.77. The number of carboxylic acids is 1. The monoisotopic (exact) mass is 367 g/mol. The molecule has 3 N–H and O–H groups in total. The lowest BCUT2D eigenvalue weighted by molar-refractivity contribution is -0.138. The molecule has 0 bridgehead atoms. The van der Waals surface area contributed by atoms with Crippen molar-refractivity contribution in [2.24, 2.45) is 5.73 Å². The number of aromatic nitrogens is 2. The molecule has 1 atom stereocenters. The van der Waals surface area contributed by atoms with E-state index in [0.717, 1.165) is 16.7 Å². The lowest BCUT2D eigenvalue weighted by atomic mass is 10.0. The quantitative estimate of drug-likeness (QED) is 0.703. The Balaban J connectivity index is 1.53. The molecular weight excluding hydrogens is 350 g/mol. The molecule has 0 spiro atoms. The van der Waals surface area contributed by atoms with Crippen molar-refractivity contribution < 1.29 is 23.9 Å². The standard InChI is InChI=1S/C19H17N3O5/c20-14(19(23)24)9-11-1-3-12(4-2-11)17-21-18(27-22-17)13-5-6-15-16(10-13)26-8-7-25-15/h1-6,10,14H,7-9,20H2,(H,23,24)/t14-/m0/s1. The van der Waals surface area contributed by atoms with Gasteiger partial charge < -0.3 is 24.8 Å².